The van der Waals surface area contributed by atoms with E-state index in [1.54, 1.807) is 11.8 Å². The highest BCUT2D eigenvalue weighted by Crippen LogP contribution is 2.16. The second-order valence-corrected chi connectivity index (χ2v) is 5.58. The Hall–Kier alpha value is -1.44. The molecule has 0 aliphatic carbocycles. The molecular formula is C11H19N3O4S. The van der Waals surface area contributed by atoms with Crippen molar-refractivity contribution in [1.82, 2.24) is 10.6 Å². The summed E-state index contributed by atoms with van der Waals surface area (Å²) in [6, 6.07) is -1.53. The minimum atomic E-state index is -1.17. The van der Waals surface area contributed by atoms with Crippen LogP contribution < -0.4 is 16.4 Å². The first-order valence-corrected chi connectivity index (χ1v) is 7.30. The third kappa shape index (κ3) is 6.32. The van der Waals surface area contributed by atoms with Crippen LogP contribution in [0.5, 0.6) is 0 Å². The summed E-state index contributed by atoms with van der Waals surface area (Å²) in [5, 5.41) is 14.0. The Morgan fingerprint density at radius 1 is 1.42 bits per heavy atom. The molecule has 5 N–H and O–H groups in total. The first kappa shape index (κ1) is 15.6. The summed E-state index contributed by atoms with van der Waals surface area (Å²) < 4.78 is 0. The van der Waals surface area contributed by atoms with Crippen LogP contribution in [-0.4, -0.2) is 46.6 Å². The lowest BCUT2D eigenvalue weighted by atomic mass is 10.1. The number of urea groups is 1. The van der Waals surface area contributed by atoms with Crippen molar-refractivity contribution in [3.8, 4) is 0 Å². The van der Waals surface area contributed by atoms with Crippen LogP contribution in [0.4, 0.5) is 4.79 Å². The topological polar surface area (TPSA) is 122 Å². The number of aliphatic carboxylic acids is 1. The lowest BCUT2D eigenvalue weighted by Gasteiger charge is -2.23. The summed E-state index contributed by atoms with van der Waals surface area (Å²) in [7, 11) is 0. The Bertz CT molecular complexity index is 345. The molecule has 7 nitrogen and oxygen atoms in total. The summed E-state index contributed by atoms with van der Waals surface area (Å²) >= 11 is 1.76. The number of nitrogens with one attached hydrogen (secondary N) is 2. The molecule has 0 aromatic rings. The zero-order chi connectivity index (χ0) is 14.3. The predicted octanol–water partition coefficient (Wildman–Crippen LogP) is -0.100. The molecule has 108 valence electrons. The van der Waals surface area contributed by atoms with Gasteiger partial charge in [0.05, 0.1) is 0 Å². The van der Waals surface area contributed by atoms with Gasteiger partial charge in [0.1, 0.15) is 6.04 Å². The lowest BCUT2D eigenvalue weighted by Crippen LogP contribution is -2.50. The van der Waals surface area contributed by atoms with Gasteiger partial charge in [-0.15, -0.1) is 0 Å². The van der Waals surface area contributed by atoms with E-state index in [2.05, 4.69) is 10.6 Å². The highest BCUT2D eigenvalue weighted by atomic mass is 32.2. The number of carboxylic acids is 1. The molecule has 1 saturated heterocycles. The van der Waals surface area contributed by atoms with Crippen molar-refractivity contribution in [1.29, 1.82) is 0 Å². The van der Waals surface area contributed by atoms with E-state index in [4.69, 9.17) is 10.8 Å². The Balaban J connectivity index is 2.37. The Morgan fingerprint density at radius 2 is 2.16 bits per heavy atom. The molecule has 0 saturated carbocycles. The molecule has 0 aromatic heterocycles. The van der Waals surface area contributed by atoms with Crippen molar-refractivity contribution in [2.75, 3.05) is 11.5 Å². The van der Waals surface area contributed by atoms with Crippen molar-refractivity contribution < 1.29 is 19.5 Å². The zero-order valence-corrected chi connectivity index (χ0v) is 11.4. The standard InChI is InChI=1S/C11H19N3O4S/c12-9(15)4-3-8(10(16)17)14-11(18)13-7-2-1-5-19-6-7/h7-8H,1-6H2,(H2,12,15)(H,16,17)(H2,13,14,18)/t7?,8-/m1/s1. The third-order valence-corrected chi connectivity index (χ3v) is 3.99. The van der Waals surface area contributed by atoms with Crippen LogP contribution in [0.1, 0.15) is 25.7 Å². The second kappa shape index (κ2) is 7.88. The van der Waals surface area contributed by atoms with Gasteiger partial charge in [0, 0.05) is 18.2 Å². The van der Waals surface area contributed by atoms with Gasteiger partial charge in [0.15, 0.2) is 0 Å². The summed E-state index contributed by atoms with van der Waals surface area (Å²) in [6.45, 7) is 0. The maximum absolute atomic E-state index is 11.7. The number of carbonyl (C=O) groups excluding carboxylic acids is 2. The van der Waals surface area contributed by atoms with E-state index in [1.165, 1.54) is 0 Å². The fraction of sp³-hybridized carbons (Fsp3) is 0.727. The summed E-state index contributed by atoms with van der Waals surface area (Å²) in [5.74, 6) is 0.175. The molecule has 1 heterocycles. The molecule has 1 rings (SSSR count). The highest BCUT2D eigenvalue weighted by molar-refractivity contribution is 7.99. The number of nitrogens with two attached hydrogens (primary N) is 1. The van der Waals surface area contributed by atoms with Gasteiger partial charge in [-0.05, 0) is 25.0 Å². The number of primary amides is 1. The maximum atomic E-state index is 11.7. The first-order chi connectivity index (χ1) is 8.99. The van der Waals surface area contributed by atoms with E-state index >= 15 is 0 Å². The van der Waals surface area contributed by atoms with Gasteiger partial charge < -0.3 is 21.5 Å². The van der Waals surface area contributed by atoms with Gasteiger partial charge in [-0.2, -0.15) is 11.8 Å². The molecular weight excluding hydrogens is 270 g/mol. The quantitative estimate of drug-likeness (QED) is 0.544. The van der Waals surface area contributed by atoms with E-state index in [1.807, 2.05) is 0 Å². The van der Waals surface area contributed by atoms with Gasteiger partial charge in [-0.25, -0.2) is 9.59 Å². The average Bonchev–Trinajstić information content (AvgIpc) is 2.35. The lowest BCUT2D eigenvalue weighted by molar-refractivity contribution is -0.139. The molecule has 2 atom stereocenters. The second-order valence-electron chi connectivity index (χ2n) is 4.43. The van der Waals surface area contributed by atoms with E-state index in [0.29, 0.717) is 0 Å². The number of carbonyl (C=O) groups is 3. The molecule has 0 radical (unpaired) electrons. The molecule has 0 bridgehead atoms. The van der Waals surface area contributed by atoms with E-state index in [9.17, 15) is 14.4 Å². The van der Waals surface area contributed by atoms with Crippen molar-refractivity contribution in [3.63, 3.8) is 0 Å². The molecule has 1 fully saturated rings. The van der Waals surface area contributed by atoms with Gasteiger partial charge in [-0.1, -0.05) is 0 Å². The number of rotatable bonds is 6. The molecule has 1 aliphatic heterocycles. The van der Waals surface area contributed by atoms with Crippen LogP contribution in [0.25, 0.3) is 0 Å². The SMILES string of the molecule is NC(=O)CC[C@@H](NC(=O)NC1CCCSC1)C(=O)O. The van der Waals surface area contributed by atoms with E-state index in [-0.39, 0.29) is 18.9 Å². The van der Waals surface area contributed by atoms with Crippen LogP contribution in [0.3, 0.4) is 0 Å². The molecule has 0 aromatic carbocycles. The Morgan fingerprint density at radius 3 is 2.68 bits per heavy atom. The average molecular weight is 289 g/mol. The van der Waals surface area contributed by atoms with Crippen molar-refractivity contribution in [3.05, 3.63) is 0 Å². The first-order valence-electron chi connectivity index (χ1n) is 6.15. The normalized spacial score (nSPS) is 20.3. The van der Waals surface area contributed by atoms with E-state index < -0.39 is 23.9 Å². The maximum Gasteiger partial charge on any atom is 0.326 e. The Kier molecular flexibility index (Phi) is 6.48. The molecule has 1 aliphatic rings. The van der Waals surface area contributed by atoms with Crippen LogP contribution in [0.2, 0.25) is 0 Å². The summed E-state index contributed by atoms with van der Waals surface area (Å²) in [6.07, 6.45) is 1.87. The Labute approximate surface area is 115 Å². The minimum Gasteiger partial charge on any atom is -0.480 e. The molecule has 3 amide bonds. The van der Waals surface area contributed by atoms with Crippen LogP contribution >= 0.6 is 11.8 Å². The van der Waals surface area contributed by atoms with Crippen molar-refractivity contribution in [2.45, 2.75) is 37.8 Å². The van der Waals surface area contributed by atoms with Gasteiger partial charge in [0.25, 0.3) is 0 Å². The van der Waals surface area contributed by atoms with Gasteiger partial charge in [0.2, 0.25) is 5.91 Å². The van der Waals surface area contributed by atoms with Crippen molar-refractivity contribution in [2.24, 2.45) is 5.73 Å². The third-order valence-electron chi connectivity index (χ3n) is 2.78. The minimum absolute atomic E-state index is 0.00248. The fourth-order valence-corrected chi connectivity index (χ4v) is 2.86. The fourth-order valence-electron chi connectivity index (χ4n) is 1.78. The number of thioether (sulfide) groups is 1. The monoisotopic (exact) mass is 289 g/mol. The van der Waals surface area contributed by atoms with Gasteiger partial charge >= 0.3 is 12.0 Å². The smallest absolute Gasteiger partial charge is 0.326 e. The van der Waals surface area contributed by atoms with Crippen molar-refractivity contribution >= 4 is 29.7 Å². The van der Waals surface area contributed by atoms with E-state index in [0.717, 1.165) is 24.3 Å². The zero-order valence-electron chi connectivity index (χ0n) is 10.6. The van der Waals surface area contributed by atoms with Crippen LogP contribution in [0, 0.1) is 0 Å². The number of amides is 3. The summed E-state index contributed by atoms with van der Waals surface area (Å²) in [5.41, 5.74) is 4.96. The number of hydrogen-bond acceptors (Lipinski definition) is 4. The molecule has 8 heteroatoms. The predicted molar refractivity (Wildman–Crippen MR) is 71.9 cm³/mol. The number of carboxylic acid groups (broad SMARTS) is 1. The van der Waals surface area contributed by atoms with Gasteiger partial charge in [-0.3, -0.25) is 4.79 Å². The highest BCUT2D eigenvalue weighted by Gasteiger charge is 2.22. The van der Waals surface area contributed by atoms with Crippen LogP contribution in [-0.2, 0) is 9.59 Å². The number of hydrogen-bond donors (Lipinski definition) is 4. The molecule has 0 spiro atoms. The van der Waals surface area contributed by atoms with Crippen LogP contribution in [0.15, 0.2) is 0 Å². The summed E-state index contributed by atoms with van der Waals surface area (Å²) in [4.78, 5) is 33.2. The largest absolute Gasteiger partial charge is 0.480 e. The molecule has 19 heavy (non-hydrogen) atoms. The molecule has 1 unspecified atom stereocenters.